The molecule has 0 aliphatic carbocycles. The van der Waals surface area contributed by atoms with Gasteiger partial charge in [0.2, 0.25) is 11.8 Å². The molecular weight excluding hydrogens is 394 g/mol. The minimum absolute atomic E-state index is 0. The molecule has 0 spiro atoms. The molecule has 0 saturated heterocycles. The van der Waals surface area contributed by atoms with Gasteiger partial charge in [-0.05, 0) is 42.7 Å². The van der Waals surface area contributed by atoms with E-state index in [1.807, 2.05) is 47.4 Å². The second kappa shape index (κ2) is 8.88. The third-order valence-corrected chi connectivity index (χ3v) is 6.21. The zero-order valence-corrected chi connectivity index (χ0v) is 17.2. The molecular formula is C21H24ClN3O2S. The number of para-hydroxylation sites is 1. The van der Waals surface area contributed by atoms with Crippen molar-refractivity contribution < 1.29 is 9.59 Å². The molecule has 0 radical (unpaired) electrons. The third kappa shape index (κ3) is 3.98. The summed E-state index contributed by atoms with van der Waals surface area (Å²) in [6, 6.07) is 13.7. The van der Waals surface area contributed by atoms with Crippen molar-refractivity contribution in [1.82, 2.24) is 0 Å². The lowest BCUT2D eigenvalue weighted by Crippen LogP contribution is -2.38. The maximum Gasteiger partial charge on any atom is 0.227 e. The quantitative estimate of drug-likeness (QED) is 0.769. The maximum atomic E-state index is 12.8. The van der Waals surface area contributed by atoms with Crippen LogP contribution in [0, 0.1) is 0 Å². The van der Waals surface area contributed by atoms with Gasteiger partial charge in [-0.25, -0.2) is 0 Å². The van der Waals surface area contributed by atoms with E-state index in [1.54, 1.807) is 16.7 Å². The number of nitrogen functional groups attached to an aromatic ring is 1. The van der Waals surface area contributed by atoms with Crippen molar-refractivity contribution in [3.05, 3.63) is 48.0 Å². The highest BCUT2D eigenvalue weighted by atomic mass is 35.5. The average Bonchev–Trinajstić information content (AvgIpc) is 2.71. The number of nitrogens with zero attached hydrogens (tertiary/aromatic N) is 2. The summed E-state index contributed by atoms with van der Waals surface area (Å²) in [6.07, 6.45) is 2.25. The van der Waals surface area contributed by atoms with Gasteiger partial charge in [-0.15, -0.1) is 24.2 Å². The molecule has 2 aromatic carbocycles. The van der Waals surface area contributed by atoms with Crippen molar-refractivity contribution in [1.29, 1.82) is 0 Å². The summed E-state index contributed by atoms with van der Waals surface area (Å²) in [5.74, 6) is 0.894. The minimum Gasteiger partial charge on any atom is -0.398 e. The number of carbonyl (C=O) groups is 2. The molecule has 2 N–H and O–H groups in total. The largest absolute Gasteiger partial charge is 0.398 e. The first kappa shape index (κ1) is 20.6. The van der Waals surface area contributed by atoms with E-state index in [0.29, 0.717) is 13.1 Å². The number of nitrogens with two attached hydrogens (primary N) is 1. The van der Waals surface area contributed by atoms with Crippen LogP contribution in [-0.4, -0.2) is 30.7 Å². The van der Waals surface area contributed by atoms with E-state index in [2.05, 4.69) is 0 Å². The molecule has 148 valence electrons. The fourth-order valence-electron chi connectivity index (χ4n) is 3.82. The molecule has 2 aromatic rings. The molecule has 2 heterocycles. The Morgan fingerprint density at radius 3 is 2.39 bits per heavy atom. The Hall–Kier alpha value is -2.18. The predicted molar refractivity (Wildman–Crippen MR) is 118 cm³/mol. The Bertz CT molecular complexity index is 890. The first-order valence-electron chi connectivity index (χ1n) is 9.35. The number of halogens is 1. The standard InChI is InChI=1S/C21H23N3O2S.ClH/c22-16-6-3-8-17-15(16)5-4-12-23(17)20(25)10-11-21(26)24-13-14-27-19-9-2-1-7-18(19)24;/h1-3,6-9H,4-5,10-14,22H2;1H. The third-order valence-electron chi connectivity index (χ3n) is 5.17. The van der Waals surface area contributed by atoms with Gasteiger partial charge in [-0.2, -0.15) is 0 Å². The van der Waals surface area contributed by atoms with Crippen LogP contribution in [0.2, 0.25) is 0 Å². The molecule has 2 aliphatic heterocycles. The number of thioether (sulfide) groups is 1. The Kier molecular flexibility index (Phi) is 6.52. The van der Waals surface area contributed by atoms with E-state index in [9.17, 15) is 9.59 Å². The SMILES string of the molecule is Cl.Nc1cccc2c1CCCN2C(=O)CCC(=O)N1CCSc2ccccc21. The zero-order chi connectivity index (χ0) is 18.8. The number of anilines is 3. The normalized spacial score (nSPS) is 15.3. The van der Waals surface area contributed by atoms with Crippen molar-refractivity contribution in [2.45, 2.75) is 30.6 Å². The highest BCUT2D eigenvalue weighted by Gasteiger charge is 2.26. The van der Waals surface area contributed by atoms with Crippen molar-refractivity contribution in [2.75, 3.05) is 34.4 Å². The second-order valence-corrected chi connectivity index (χ2v) is 7.99. The molecule has 0 atom stereocenters. The Balaban J connectivity index is 0.00000225. The summed E-state index contributed by atoms with van der Waals surface area (Å²) >= 11 is 1.77. The van der Waals surface area contributed by atoms with Crippen molar-refractivity contribution in [2.24, 2.45) is 0 Å². The van der Waals surface area contributed by atoms with Crippen LogP contribution in [-0.2, 0) is 16.0 Å². The lowest BCUT2D eigenvalue weighted by Gasteiger charge is -2.31. The van der Waals surface area contributed by atoms with Gasteiger partial charge in [0.15, 0.2) is 0 Å². The summed E-state index contributed by atoms with van der Waals surface area (Å²) < 4.78 is 0. The Morgan fingerprint density at radius 1 is 0.929 bits per heavy atom. The first-order chi connectivity index (χ1) is 13.1. The number of benzene rings is 2. The van der Waals surface area contributed by atoms with Crippen LogP contribution in [0.25, 0.3) is 0 Å². The summed E-state index contributed by atoms with van der Waals surface area (Å²) in [5.41, 5.74) is 9.72. The van der Waals surface area contributed by atoms with Crippen molar-refractivity contribution >= 4 is 53.0 Å². The van der Waals surface area contributed by atoms with Crippen LogP contribution in [0.5, 0.6) is 0 Å². The van der Waals surface area contributed by atoms with Crippen LogP contribution in [0.3, 0.4) is 0 Å². The molecule has 7 heteroatoms. The second-order valence-electron chi connectivity index (χ2n) is 6.86. The van der Waals surface area contributed by atoms with E-state index >= 15 is 0 Å². The maximum absolute atomic E-state index is 12.8. The van der Waals surface area contributed by atoms with Gasteiger partial charge in [0.25, 0.3) is 0 Å². The molecule has 2 amide bonds. The van der Waals surface area contributed by atoms with Crippen LogP contribution in [0.4, 0.5) is 17.1 Å². The lowest BCUT2D eigenvalue weighted by molar-refractivity contribution is -0.123. The summed E-state index contributed by atoms with van der Waals surface area (Å²) in [5, 5.41) is 0. The number of hydrogen-bond donors (Lipinski definition) is 1. The first-order valence-corrected chi connectivity index (χ1v) is 10.3. The number of fused-ring (bicyclic) bond motifs is 2. The average molecular weight is 418 g/mol. The van der Waals surface area contributed by atoms with Gasteiger partial charge < -0.3 is 15.5 Å². The molecule has 0 fully saturated rings. The van der Waals surface area contributed by atoms with Gasteiger partial charge in [-0.1, -0.05) is 18.2 Å². The minimum atomic E-state index is -0.00503. The Labute approximate surface area is 175 Å². The van der Waals surface area contributed by atoms with Crippen LogP contribution >= 0.6 is 24.2 Å². The highest BCUT2D eigenvalue weighted by Crippen LogP contribution is 2.35. The molecule has 2 aliphatic rings. The van der Waals surface area contributed by atoms with Gasteiger partial charge in [0.05, 0.1) is 5.69 Å². The van der Waals surface area contributed by atoms with E-state index in [4.69, 9.17) is 5.73 Å². The van der Waals surface area contributed by atoms with Crippen LogP contribution < -0.4 is 15.5 Å². The van der Waals surface area contributed by atoms with E-state index < -0.39 is 0 Å². The van der Waals surface area contributed by atoms with Gasteiger partial charge in [0, 0.05) is 48.0 Å². The number of hydrogen-bond acceptors (Lipinski definition) is 4. The number of amides is 2. The van der Waals surface area contributed by atoms with E-state index in [1.165, 1.54) is 0 Å². The van der Waals surface area contributed by atoms with Crippen molar-refractivity contribution in [3.8, 4) is 0 Å². The van der Waals surface area contributed by atoms with E-state index in [-0.39, 0.29) is 37.1 Å². The van der Waals surface area contributed by atoms with Gasteiger partial charge in [-0.3, -0.25) is 9.59 Å². The molecule has 0 bridgehead atoms. The molecule has 0 saturated carbocycles. The molecule has 0 aromatic heterocycles. The predicted octanol–water partition coefficient (Wildman–Crippen LogP) is 3.89. The highest BCUT2D eigenvalue weighted by molar-refractivity contribution is 7.99. The summed E-state index contributed by atoms with van der Waals surface area (Å²) in [7, 11) is 0. The van der Waals surface area contributed by atoms with Crippen LogP contribution in [0.15, 0.2) is 47.4 Å². The smallest absolute Gasteiger partial charge is 0.227 e. The zero-order valence-electron chi connectivity index (χ0n) is 15.6. The molecule has 0 unspecified atom stereocenters. The fourth-order valence-corrected chi connectivity index (χ4v) is 4.82. The molecule has 28 heavy (non-hydrogen) atoms. The van der Waals surface area contributed by atoms with Crippen molar-refractivity contribution in [3.63, 3.8) is 0 Å². The van der Waals surface area contributed by atoms with Crippen LogP contribution in [0.1, 0.15) is 24.8 Å². The Morgan fingerprint density at radius 2 is 1.61 bits per heavy atom. The lowest BCUT2D eigenvalue weighted by atomic mass is 9.99. The van der Waals surface area contributed by atoms with Gasteiger partial charge in [0.1, 0.15) is 0 Å². The number of rotatable bonds is 3. The topological polar surface area (TPSA) is 66.6 Å². The summed E-state index contributed by atoms with van der Waals surface area (Å²) in [4.78, 5) is 30.3. The monoisotopic (exact) mass is 417 g/mol. The summed E-state index contributed by atoms with van der Waals surface area (Å²) in [6.45, 7) is 1.38. The number of carbonyl (C=O) groups excluding carboxylic acids is 2. The fraction of sp³-hybridized carbons (Fsp3) is 0.333. The van der Waals surface area contributed by atoms with Gasteiger partial charge >= 0.3 is 0 Å². The molecule has 4 rings (SSSR count). The van der Waals surface area contributed by atoms with E-state index in [0.717, 1.165) is 46.1 Å². The molecule has 5 nitrogen and oxygen atoms in total.